The first-order valence-electron chi connectivity index (χ1n) is 5.33. The van der Waals surface area contributed by atoms with Gasteiger partial charge in [-0.1, -0.05) is 6.07 Å². The van der Waals surface area contributed by atoms with Gasteiger partial charge >= 0.3 is 0 Å². The van der Waals surface area contributed by atoms with Crippen LogP contribution >= 0.6 is 0 Å². The van der Waals surface area contributed by atoms with Crippen molar-refractivity contribution in [3.63, 3.8) is 0 Å². The molecule has 0 bridgehead atoms. The summed E-state index contributed by atoms with van der Waals surface area (Å²) < 4.78 is 39.4. The van der Waals surface area contributed by atoms with Crippen LogP contribution in [0.5, 0.6) is 5.75 Å². The van der Waals surface area contributed by atoms with Gasteiger partial charge in [-0.25, -0.2) is 9.37 Å². The lowest BCUT2D eigenvalue weighted by atomic mass is 10.2. The number of halogens is 1. The van der Waals surface area contributed by atoms with Crippen LogP contribution in [0.25, 0.3) is 0 Å². The summed E-state index contributed by atoms with van der Waals surface area (Å²) >= 11 is 0. The number of rotatable bonds is 3. The molecule has 100 valence electrons. The number of aromatic nitrogens is 1. The van der Waals surface area contributed by atoms with Gasteiger partial charge in [-0.15, -0.1) is 0 Å². The van der Waals surface area contributed by atoms with Crippen LogP contribution in [0.2, 0.25) is 0 Å². The zero-order valence-corrected chi connectivity index (χ0v) is 10.8. The Balaban J connectivity index is 2.40. The fraction of sp³-hybridized carbons (Fsp3) is 0.0833. The van der Waals surface area contributed by atoms with Crippen molar-refractivity contribution in [2.24, 2.45) is 0 Å². The zero-order valence-electron chi connectivity index (χ0n) is 9.96. The highest BCUT2D eigenvalue weighted by atomic mass is 32.2. The molecule has 0 spiro atoms. The minimum Gasteiger partial charge on any atom is -0.506 e. The highest BCUT2D eigenvalue weighted by Crippen LogP contribution is 2.26. The zero-order chi connectivity index (χ0) is 14.0. The minimum atomic E-state index is -4.18. The highest BCUT2D eigenvalue weighted by molar-refractivity contribution is 7.92. The Hall–Kier alpha value is -2.15. The Bertz CT molecular complexity index is 717. The summed E-state index contributed by atoms with van der Waals surface area (Å²) in [6.45, 7) is 1.75. The maximum absolute atomic E-state index is 13.4. The summed E-state index contributed by atoms with van der Waals surface area (Å²) in [5.41, 5.74) is 0.736. The number of hydrogen-bond donors (Lipinski definition) is 2. The minimum absolute atomic E-state index is 0.0318. The largest absolute Gasteiger partial charge is 0.506 e. The molecule has 5 nitrogen and oxygen atoms in total. The number of aromatic hydroxyl groups is 1. The molecule has 0 radical (unpaired) electrons. The quantitative estimate of drug-likeness (QED) is 0.844. The van der Waals surface area contributed by atoms with E-state index in [4.69, 9.17) is 0 Å². The predicted octanol–water partition coefficient (Wildman–Crippen LogP) is 2.04. The molecule has 1 aromatic carbocycles. The van der Waals surface area contributed by atoms with Gasteiger partial charge in [-0.2, -0.15) is 8.42 Å². The summed E-state index contributed by atoms with van der Waals surface area (Å²) in [6, 6.07) is 6.69. The van der Waals surface area contributed by atoms with Gasteiger partial charge in [-0.05, 0) is 36.8 Å². The van der Waals surface area contributed by atoms with Crippen LogP contribution in [-0.2, 0) is 10.0 Å². The third-order valence-electron chi connectivity index (χ3n) is 2.38. The molecule has 0 aliphatic carbocycles. The van der Waals surface area contributed by atoms with Crippen LogP contribution in [0, 0.1) is 12.7 Å². The number of aryl methyl sites for hydroxylation is 1. The Morgan fingerprint density at radius 2 is 2.05 bits per heavy atom. The fourth-order valence-corrected chi connectivity index (χ4v) is 2.57. The smallest absolute Gasteiger partial charge is 0.282 e. The Labute approximate surface area is 109 Å². The maximum atomic E-state index is 13.4. The van der Waals surface area contributed by atoms with E-state index in [-0.39, 0.29) is 11.4 Å². The number of nitrogens with zero attached hydrogens (tertiary/aromatic N) is 1. The van der Waals surface area contributed by atoms with Crippen molar-refractivity contribution in [1.29, 1.82) is 0 Å². The average Bonchev–Trinajstić information content (AvgIpc) is 2.33. The molecule has 0 fully saturated rings. The number of anilines is 1. The second-order valence-corrected chi connectivity index (χ2v) is 5.51. The number of nitrogens with one attached hydrogen (secondary N) is 1. The van der Waals surface area contributed by atoms with Crippen LogP contribution in [-0.4, -0.2) is 18.5 Å². The van der Waals surface area contributed by atoms with Crippen LogP contribution in [0.3, 0.4) is 0 Å². The van der Waals surface area contributed by atoms with Crippen molar-refractivity contribution >= 4 is 15.7 Å². The molecule has 7 heteroatoms. The van der Waals surface area contributed by atoms with Crippen molar-refractivity contribution in [2.45, 2.75) is 11.9 Å². The van der Waals surface area contributed by atoms with E-state index < -0.39 is 20.9 Å². The molecule has 2 rings (SSSR count). The molecule has 19 heavy (non-hydrogen) atoms. The van der Waals surface area contributed by atoms with Crippen molar-refractivity contribution in [3.05, 3.63) is 47.9 Å². The topological polar surface area (TPSA) is 79.3 Å². The van der Waals surface area contributed by atoms with Gasteiger partial charge in [0.1, 0.15) is 5.75 Å². The third kappa shape index (κ3) is 2.82. The van der Waals surface area contributed by atoms with Crippen molar-refractivity contribution in [1.82, 2.24) is 4.98 Å². The highest BCUT2D eigenvalue weighted by Gasteiger charge is 2.21. The number of hydrogen-bond acceptors (Lipinski definition) is 4. The summed E-state index contributed by atoms with van der Waals surface area (Å²) in [5.74, 6) is -1.19. The van der Waals surface area contributed by atoms with E-state index in [9.17, 15) is 17.9 Å². The lowest BCUT2D eigenvalue weighted by molar-refractivity contribution is 0.477. The lowest BCUT2D eigenvalue weighted by Crippen LogP contribution is -2.16. The molecule has 1 heterocycles. The van der Waals surface area contributed by atoms with Gasteiger partial charge in [-0.3, -0.25) is 4.72 Å². The number of phenols is 1. The summed E-state index contributed by atoms with van der Waals surface area (Å²) in [6.07, 6.45) is 1.17. The molecule has 0 saturated carbocycles. The molecular formula is C12H11FN2O3S. The molecule has 0 saturated heterocycles. The summed E-state index contributed by atoms with van der Waals surface area (Å²) in [7, 11) is -4.18. The second-order valence-electron chi connectivity index (χ2n) is 3.92. The monoisotopic (exact) mass is 282 g/mol. The number of sulfonamides is 1. The second kappa shape index (κ2) is 4.85. The number of benzene rings is 1. The SMILES string of the molecule is Cc1ccc(NS(=O)(=O)c2ncccc2F)c(O)c1. The molecule has 0 aliphatic rings. The van der Waals surface area contributed by atoms with E-state index in [1.54, 1.807) is 13.0 Å². The van der Waals surface area contributed by atoms with E-state index in [2.05, 4.69) is 9.71 Å². The first kappa shape index (κ1) is 13.3. The fourth-order valence-electron chi connectivity index (χ4n) is 1.49. The van der Waals surface area contributed by atoms with Crippen LogP contribution < -0.4 is 4.72 Å². The van der Waals surface area contributed by atoms with Crippen molar-refractivity contribution < 1.29 is 17.9 Å². The molecule has 1 aromatic heterocycles. The molecule has 0 amide bonds. The van der Waals surface area contributed by atoms with Gasteiger partial charge < -0.3 is 5.11 Å². The van der Waals surface area contributed by atoms with Crippen LogP contribution in [0.15, 0.2) is 41.6 Å². The average molecular weight is 282 g/mol. The molecule has 0 atom stereocenters. The summed E-state index contributed by atoms with van der Waals surface area (Å²) in [5, 5.41) is 8.92. The normalized spacial score (nSPS) is 11.3. The van der Waals surface area contributed by atoms with Gasteiger partial charge in [0.25, 0.3) is 10.0 Å². The lowest BCUT2D eigenvalue weighted by Gasteiger charge is -2.09. The molecular weight excluding hydrogens is 271 g/mol. The predicted molar refractivity (Wildman–Crippen MR) is 67.8 cm³/mol. The van der Waals surface area contributed by atoms with Crippen molar-refractivity contribution in [2.75, 3.05) is 4.72 Å². The first-order chi connectivity index (χ1) is 8.90. The Morgan fingerprint density at radius 1 is 1.32 bits per heavy atom. The Kier molecular flexibility index (Phi) is 3.39. The van der Waals surface area contributed by atoms with Crippen LogP contribution in [0.1, 0.15) is 5.56 Å². The molecule has 0 unspecified atom stereocenters. The van der Waals surface area contributed by atoms with Crippen molar-refractivity contribution in [3.8, 4) is 5.75 Å². The number of pyridine rings is 1. The van der Waals surface area contributed by atoms with Gasteiger partial charge in [0.2, 0.25) is 5.03 Å². The van der Waals surface area contributed by atoms with Gasteiger partial charge in [0, 0.05) is 6.20 Å². The van der Waals surface area contributed by atoms with E-state index >= 15 is 0 Å². The molecule has 2 aromatic rings. The van der Waals surface area contributed by atoms with Crippen LogP contribution in [0.4, 0.5) is 10.1 Å². The summed E-state index contributed by atoms with van der Waals surface area (Å²) in [4.78, 5) is 3.49. The first-order valence-corrected chi connectivity index (χ1v) is 6.81. The van der Waals surface area contributed by atoms with Gasteiger partial charge in [0.15, 0.2) is 5.82 Å². The Morgan fingerprint density at radius 3 is 2.68 bits per heavy atom. The van der Waals surface area contributed by atoms with E-state index in [1.807, 2.05) is 0 Å². The van der Waals surface area contributed by atoms with E-state index in [0.29, 0.717) is 0 Å². The molecule has 0 aliphatic heterocycles. The maximum Gasteiger partial charge on any atom is 0.282 e. The number of phenolic OH excluding ortho intramolecular Hbond substituents is 1. The molecule has 2 N–H and O–H groups in total. The third-order valence-corrected chi connectivity index (χ3v) is 3.67. The van der Waals surface area contributed by atoms with E-state index in [1.165, 1.54) is 24.4 Å². The standard InChI is InChI=1S/C12H11FN2O3S/c1-8-4-5-10(11(16)7-8)15-19(17,18)12-9(13)3-2-6-14-12/h2-7,15-16H,1H3. The van der Waals surface area contributed by atoms with Gasteiger partial charge in [0.05, 0.1) is 5.69 Å². The van der Waals surface area contributed by atoms with E-state index in [0.717, 1.165) is 11.6 Å².